The van der Waals surface area contributed by atoms with Gasteiger partial charge in [0.05, 0.1) is 0 Å². The number of hydrogen-bond donors (Lipinski definition) is 1. The minimum atomic E-state index is -4.25. The lowest BCUT2D eigenvalue weighted by Gasteiger charge is -2.19. The lowest BCUT2D eigenvalue weighted by atomic mass is 10.2. The van der Waals surface area contributed by atoms with Gasteiger partial charge in [0.2, 0.25) is 0 Å². The van der Waals surface area contributed by atoms with E-state index in [0.29, 0.717) is 18.7 Å². The minimum Gasteiger partial charge on any atom is -0.399 e. The van der Waals surface area contributed by atoms with E-state index in [9.17, 15) is 13.2 Å². The number of nitrogen functional groups attached to an aromatic ring is 1. The Hall–Kier alpha value is -1.43. The van der Waals surface area contributed by atoms with Crippen LogP contribution in [0, 0.1) is 0 Å². The number of ether oxygens (including phenoxy) is 1. The van der Waals surface area contributed by atoms with E-state index in [1.54, 1.807) is 6.07 Å². The number of anilines is 2. The second-order valence-electron chi connectivity index (χ2n) is 4.04. The standard InChI is InChI=1S/C12H17F3N2O/c1-17(11-5-2-4-10(16)8-11)6-3-7-18-9-12(13,14)15/h2,4-5,8H,3,6-7,9,16H2,1H3. The highest BCUT2D eigenvalue weighted by Crippen LogP contribution is 2.17. The molecule has 0 amide bonds. The van der Waals surface area contributed by atoms with Crippen molar-refractivity contribution in [2.24, 2.45) is 0 Å². The SMILES string of the molecule is CN(CCCOCC(F)(F)F)c1cccc(N)c1. The topological polar surface area (TPSA) is 38.5 Å². The average Bonchev–Trinajstić information content (AvgIpc) is 2.26. The van der Waals surface area contributed by atoms with E-state index in [0.717, 1.165) is 5.69 Å². The second kappa shape index (κ2) is 6.49. The molecule has 1 rings (SSSR count). The molecule has 2 N–H and O–H groups in total. The van der Waals surface area contributed by atoms with E-state index < -0.39 is 12.8 Å². The second-order valence-corrected chi connectivity index (χ2v) is 4.04. The predicted molar refractivity (Wildman–Crippen MR) is 65.6 cm³/mol. The van der Waals surface area contributed by atoms with Gasteiger partial charge in [-0.15, -0.1) is 0 Å². The molecule has 0 unspecified atom stereocenters. The van der Waals surface area contributed by atoms with Gasteiger partial charge in [-0.2, -0.15) is 13.2 Å². The molecule has 0 fully saturated rings. The van der Waals surface area contributed by atoms with Crippen molar-refractivity contribution in [3.63, 3.8) is 0 Å². The van der Waals surface area contributed by atoms with E-state index in [4.69, 9.17) is 5.73 Å². The van der Waals surface area contributed by atoms with Gasteiger partial charge in [0.15, 0.2) is 0 Å². The molecule has 0 radical (unpaired) electrons. The summed E-state index contributed by atoms with van der Waals surface area (Å²) >= 11 is 0. The molecule has 18 heavy (non-hydrogen) atoms. The highest BCUT2D eigenvalue weighted by molar-refractivity contribution is 5.55. The Bertz CT molecular complexity index is 369. The van der Waals surface area contributed by atoms with Crippen LogP contribution in [0.25, 0.3) is 0 Å². The first-order valence-corrected chi connectivity index (χ1v) is 5.59. The molecule has 102 valence electrons. The van der Waals surface area contributed by atoms with Crippen molar-refractivity contribution < 1.29 is 17.9 Å². The number of nitrogens with two attached hydrogens (primary N) is 1. The van der Waals surface area contributed by atoms with Crippen LogP contribution in [0.3, 0.4) is 0 Å². The molecule has 0 saturated heterocycles. The number of halogens is 3. The van der Waals surface area contributed by atoms with Gasteiger partial charge >= 0.3 is 6.18 Å². The summed E-state index contributed by atoms with van der Waals surface area (Å²) in [5.74, 6) is 0. The molecule has 0 aliphatic heterocycles. The fourth-order valence-corrected chi connectivity index (χ4v) is 1.48. The Labute approximate surface area is 104 Å². The van der Waals surface area contributed by atoms with E-state index in [2.05, 4.69) is 4.74 Å². The number of hydrogen-bond acceptors (Lipinski definition) is 3. The molecule has 0 aliphatic carbocycles. The zero-order valence-corrected chi connectivity index (χ0v) is 10.2. The third-order valence-electron chi connectivity index (χ3n) is 2.36. The summed E-state index contributed by atoms with van der Waals surface area (Å²) in [6.07, 6.45) is -3.72. The number of rotatable bonds is 6. The smallest absolute Gasteiger partial charge is 0.399 e. The number of alkyl halides is 3. The molecule has 0 bridgehead atoms. The highest BCUT2D eigenvalue weighted by atomic mass is 19.4. The van der Waals surface area contributed by atoms with Gasteiger partial charge in [0, 0.05) is 31.6 Å². The highest BCUT2D eigenvalue weighted by Gasteiger charge is 2.27. The normalized spacial score (nSPS) is 11.6. The van der Waals surface area contributed by atoms with Crippen LogP contribution in [0.5, 0.6) is 0 Å². The van der Waals surface area contributed by atoms with Crippen molar-refractivity contribution in [1.29, 1.82) is 0 Å². The van der Waals surface area contributed by atoms with Gasteiger partial charge in [-0.1, -0.05) is 6.07 Å². The fraction of sp³-hybridized carbons (Fsp3) is 0.500. The van der Waals surface area contributed by atoms with Gasteiger partial charge < -0.3 is 15.4 Å². The van der Waals surface area contributed by atoms with Crippen LogP contribution in [0.1, 0.15) is 6.42 Å². The zero-order valence-electron chi connectivity index (χ0n) is 10.2. The van der Waals surface area contributed by atoms with Crippen LogP contribution in [-0.2, 0) is 4.74 Å². The molecule has 0 saturated carbocycles. The van der Waals surface area contributed by atoms with Crippen molar-refractivity contribution in [3.05, 3.63) is 24.3 Å². The van der Waals surface area contributed by atoms with Crippen molar-refractivity contribution in [2.75, 3.05) is 37.4 Å². The molecule has 1 aromatic carbocycles. The maximum absolute atomic E-state index is 11.8. The molecule has 0 spiro atoms. The third-order valence-corrected chi connectivity index (χ3v) is 2.36. The molecule has 0 atom stereocenters. The van der Waals surface area contributed by atoms with Crippen LogP contribution in [-0.4, -0.2) is 33.0 Å². The van der Waals surface area contributed by atoms with Crippen LogP contribution >= 0.6 is 0 Å². The Morgan fingerprint density at radius 1 is 1.33 bits per heavy atom. The quantitative estimate of drug-likeness (QED) is 0.632. The van der Waals surface area contributed by atoms with Crippen LogP contribution < -0.4 is 10.6 Å². The molecule has 6 heteroatoms. The van der Waals surface area contributed by atoms with E-state index in [1.807, 2.05) is 30.1 Å². The Morgan fingerprint density at radius 2 is 2.06 bits per heavy atom. The Kier molecular flexibility index (Phi) is 5.27. The van der Waals surface area contributed by atoms with E-state index in [-0.39, 0.29) is 6.61 Å². The van der Waals surface area contributed by atoms with Gasteiger partial charge in [0.1, 0.15) is 6.61 Å². The molecular formula is C12H17F3N2O. The Balaban J connectivity index is 2.23. The van der Waals surface area contributed by atoms with Crippen molar-refractivity contribution in [2.45, 2.75) is 12.6 Å². The molecule has 0 aromatic heterocycles. The van der Waals surface area contributed by atoms with Gasteiger partial charge in [0.25, 0.3) is 0 Å². The van der Waals surface area contributed by atoms with Crippen molar-refractivity contribution >= 4 is 11.4 Å². The summed E-state index contributed by atoms with van der Waals surface area (Å²) in [5.41, 5.74) is 7.24. The van der Waals surface area contributed by atoms with Crippen molar-refractivity contribution in [1.82, 2.24) is 0 Å². The van der Waals surface area contributed by atoms with E-state index in [1.165, 1.54) is 0 Å². The zero-order chi connectivity index (χ0) is 13.6. The van der Waals surface area contributed by atoms with Crippen LogP contribution in [0.2, 0.25) is 0 Å². The molecule has 0 aliphatic rings. The number of benzene rings is 1. The molecule has 3 nitrogen and oxygen atoms in total. The first-order chi connectivity index (χ1) is 8.38. The summed E-state index contributed by atoms with van der Waals surface area (Å²) in [6.45, 7) is -0.484. The first-order valence-electron chi connectivity index (χ1n) is 5.59. The summed E-state index contributed by atoms with van der Waals surface area (Å²) in [5, 5.41) is 0. The first kappa shape index (κ1) is 14.6. The van der Waals surface area contributed by atoms with Gasteiger partial charge in [-0.05, 0) is 24.6 Å². The monoisotopic (exact) mass is 262 g/mol. The Morgan fingerprint density at radius 3 is 2.67 bits per heavy atom. The minimum absolute atomic E-state index is 0.0895. The predicted octanol–water partition coefficient (Wildman–Crippen LogP) is 2.67. The summed E-state index contributed by atoms with van der Waals surface area (Å²) in [6, 6.07) is 7.33. The van der Waals surface area contributed by atoms with E-state index >= 15 is 0 Å². The van der Waals surface area contributed by atoms with Gasteiger partial charge in [-0.25, -0.2) is 0 Å². The lowest BCUT2D eigenvalue weighted by Crippen LogP contribution is -2.22. The summed E-state index contributed by atoms with van der Waals surface area (Å²) < 4.78 is 39.9. The number of nitrogens with zero attached hydrogens (tertiary/aromatic N) is 1. The summed E-state index contributed by atoms with van der Waals surface area (Å²) in [4.78, 5) is 1.92. The fourth-order valence-electron chi connectivity index (χ4n) is 1.48. The van der Waals surface area contributed by atoms with Gasteiger partial charge in [-0.3, -0.25) is 0 Å². The molecule has 1 aromatic rings. The molecule has 0 heterocycles. The van der Waals surface area contributed by atoms with Crippen molar-refractivity contribution in [3.8, 4) is 0 Å². The lowest BCUT2D eigenvalue weighted by molar-refractivity contribution is -0.173. The maximum atomic E-state index is 11.8. The van der Waals surface area contributed by atoms with Crippen LogP contribution in [0.15, 0.2) is 24.3 Å². The third kappa shape index (κ3) is 5.77. The largest absolute Gasteiger partial charge is 0.411 e. The van der Waals surface area contributed by atoms with Crippen LogP contribution in [0.4, 0.5) is 24.5 Å². The maximum Gasteiger partial charge on any atom is 0.411 e. The summed E-state index contributed by atoms with van der Waals surface area (Å²) in [7, 11) is 1.86. The average molecular weight is 262 g/mol. The molecular weight excluding hydrogens is 245 g/mol.